The average Bonchev–Trinajstić information content (AvgIpc) is 2.13. The average molecular weight is 218 g/mol. The molecule has 3 atom stereocenters. The van der Waals surface area contributed by atoms with Gasteiger partial charge in [-0.25, -0.2) is 0 Å². The molecule has 0 amide bonds. The minimum atomic E-state index is -0.539. The first-order valence-electron chi connectivity index (χ1n) is 6.08. The standard InChI is InChI=1S/C12H27NO2/c1-9(2)5-4-6-10(3)11(14)7-8-12(13)15/h9-12,14-15H,4-8,13H2,1-3H3/p+1/t10-,11+,12-/m0/s1. The molecule has 92 valence electrons. The zero-order chi connectivity index (χ0) is 11.8. The summed E-state index contributed by atoms with van der Waals surface area (Å²) in [6.07, 6.45) is 3.92. The van der Waals surface area contributed by atoms with Gasteiger partial charge in [0.05, 0.1) is 6.10 Å². The minimum Gasteiger partial charge on any atom is -0.431 e. The molecule has 15 heavy (non-hydrogen) atoms. The first-order valence-corrected chi connectivity index (χ1v) is 6.08. The van der Waals surface area contributed by atoms with Crippen LogP contribution < -0.4 is 5.73 Å². The Morgan fingerprint density at radius 2 is 1.67 bits per heavy atom. The fourth-order valence-corrected chi connectivity index (χ4v) is 1.68. The quantitative estimate of drug-likeness (QED) is 0.480. The summed E-state index contributed by atoms with van der Waals surface area (Å²) >= 11 is 0. The predicted molar refractivity (Wildman–Crippen MR) is 64.7 cm³/mol. The Balaban J connectivity index is 3.55. The van der Waals surface area contributed by atoms with Crippen LogP contribution in [-0.4, -0.2) is 22.5 Å². The van der Waals surface area contributed by atoms with E-state index in [2.05, 4.69) is 20.8 Å². The summed E-state index contributed by atoms with van der Waals surface area (Å²) in [7, 11) is 0. The van der Waals surface area contributed by atoms with Gasteiger partial charge in [-0.1, -0.05) is 33.6 Å². The van der Waals surface area contributed by atoms with Gasteiger partial charge in [0, 0.05) is 6.42 Å². The number of hydrogen-bond donors (Lipinski definition) is 2. The highest BCUT2D eigenvalue weighted by molar-refractivity contribution is 4.66. The summed E-state index contributed by atoms with van der Waals surface area (Å²) in [5, 5.41) is 17.0. The van der Waals surface area contributed by atoms with Crippen LogP contribution >= 0.6 is 0 Å². The predicted octanol–water partition coefficient (Wildman–Crippen LogP) is 1.60. The van der Waals surface area contributed by atoms with Gasteiger partial charge in [0.1, 0.15) is 0 Å². The number of rotatable bonds is 8. The van der Waals surface area contributed by atoms with Crippen LogP contribution in [0.1, 0.15) is 52.9 Å². The molecule has 0 saturated carbocycles. The monoisotopic (exact) mass is 218 g/mol. The lowest BCUT2D eigenvalue weighted by atomic mass is 9.93. The van der Waals surface area contributed by atoms with Crippen molar-refractivity contribution < 1.29 is 10.2 Å². The fraction of sp³-hybridized carbons (Fsp3) is 1.00. The summed E-state index contributed by atoms with van der Waals surface area (Å²) in [6.45, 7) is 6.53. The molecule has 0 saturated heterocycles. The van der Waals surface area contributed by atoms with Crippen LogP contribution in [-0.2, 0) is 0 Å². The van der Waals surface area contributed by atoms with Crippen LogP contribution in [0.4, 0.5) is 0 Å². The SMILES string of the molecule is CC(C)CCC[C@H](C)[C@H](O)CC[C@@H](N)[OH2+]. The molecule has 0 aliphatic carbocycles. The van der Waals surface area contributed by atoms with Crippen LogP contribution in [0, 0.1) is 11.8 Å². The molecule has 0 bridgehead atoms. The van der Waals surface area contributed by atoms with Gasteiger partial charge < -0.3 is 10.2 Å². The van der Waals surface area contributed by atoms with Crippen molar-refractivity contribution in [3.63, 3.8) is 0 Å². The van der Waals surface area contributed by atoms with Crippen LogP contribution in [0.5, 0.6) is 0 Å². The Morgan fingerprint density at radius 3 is 2.13 bits per heavy atom. The van der Waals surface area contributed by atoms with Gasteiger partial charge in [0.2, 0.25) is 6.23 Å². The molecule has 3 heteroatoms. The Labute approximate surface area is 93.7 Å². The van der Waals surface area contributed by atoms with Crippen LogP contribution in [0.2, 0.25) is 0 Å². The van der Waals surface area contributed by atoms with E-state index in [1.165, 1.54) is 12.8 Å². The first kappa shape index (κ1) is 14.9. The van der Waals surface area contributed by atoms with E-state index in [0.29, 0.717) is 18.8 Å². The largest absolute Gasteiger partial charge is 0.431 e. The Morgan fingerprint density at radius 1 is 1.07 bits per heavy atom. The van der Waals surface area contributed by atoms with E-state index in [1.807, 2.05) is 0 Å². The summed E-state index contributed by atoms with van der Waals surface area (Å²) in [5.74, 6) is 1.08. The van der Waals surface area contributed by atoms with E-state index in [-0.39, 0.29) is 6.10 Å². The topological polar surface area (TPSA) is 69.2 Å². The second-order valence-electron chi connectivity index (χ2n) is 5.05. The van der Waals surface area contributed by atoms with Crippen LogP contribution in [0.25, 0.3) is 0 Å². The lowest BCUT2D eigenvalue weighted by molar-refractivity contribution is 0.0768. The van der Waals surface area contributed by atoms with Crippen molar-refractivity contribution in [1.82, 2.24) is 0 Å². The summed E-state index contributed by atoms with van der Waals surface area (Å²) in [4.78, 5) is 0. The highest BCUT2D eigenvalue weighted by Gasteiger charge is 2.15. The van der Waals surface area contributed by atoms with Gasteiger partial charge in [-0.05, 0) is 24.7 Å². The Hall–Kier alpha value is -0.120. The van der Waals surface area contributed by atoms with Crippen molar-refractivity contribution >= 4 is 0 Å². The van der Waals surface area contributed by atoms with Gasteiger partial charge in [-0.15, -0.1) is 0 Å². The highest BCUT2D eigenvalue weighted by Crippen LogP contribution is 2.18. The van der Waals surface area contributed by atoms with Crippen molar-refractivity contribution in [3.05, 3.63) is 0 Å². The van der Waals surface area contributed by atoms with Crippen molar-refractivity contribution in [3.8, 4) is 0 Å². The number of nitrogens with two attached hydrogens (primary N) is 1. The molecular weight excluding hydrogens is 190 g/mol. The van der Waals surface area contributed by atoms with Crippen LogP contribution in [0.3, 0.4) is 0 Å². The zero-order valence-electron chi connectivity index (χ0n) is 10.4. The van der Waals surface area contributed by atoms with Crippen molar-refractivity contribution in [2.45, 2.75) is 65.2 Å². The van der Waals surface area contributed by atoms with E-state index in [9.17, 15) is 5.11 Å². The van der Waals surface area contributed by atoms with Crippen LogP contribution in [0.15, 0.2) is 0 Å². The first-order chi connectivity index (χ1) is 6.93. The molecule has 0 aliphatic rings. The van der Waals surface area contributed by atoms with Gasteiger partial charge in [-0.2, -0.15) is 0 Å². The number of hydrogen-bond acceptors (Lipinski definition) is 2. The summed E-state index contributed by atoms with van der Waals surface area (Å²) in [5.41, 5.74) is 5.34. The van der Waals surface area contributed by atoms with Gasteiger partial charge in [0.15, 0.2) is 0 Å². The molecule has 0 radical (unpaired) electrons. The van der Waals surface area contributed by atoms with Crippen molar-refractivity contribution in [2.75, 3.05) is 0 Å². The molecular formula is C12H28NO2+. The molecule has 0 aromatic carbocycles. The van der Waals surface area contributed by atoms with E-state index in [1.54, 1.807) is 0 Å². The van der Waals surface area contributed by atoms with E-state index >= 15 is 0 Å². The minimum absolute atomic E-state index is 0.284. The van der Waals surface area contributed by atoms with E-state index in [4.69, 9.17) is 10.8 Å². The third-order valence-electron chi connectivity index (χ3n) is 2.87. The van der Waals surface area contributed by atoms with Gasteiger partial charge in [0.25, 0.3) is 0 Å². The summed E-state index contributed by atoms with van der Waals surface area (Å²) in [6, 6.07) is 0. The molecule has 0 rings (SSSR count). The van der Waals surface area contributed by atoms with Crippen molar-refractivity contribution in [1.29, 1.82) is 0 Å². The van der Waals surface area contributed by atoms with Gasteiger partial charge >= 0.3 is 0 Å². The van der Waals surface area contributed by atoms with E-state index in [0.717, 1.165) is 12.3 Å². The molecule has 0 aromatic rings. The second-order valence-corrected chi connectivity index (χ2v) is 5.05. The molecule has 3 nitrogen and oxygen atoms in total. The smallest absolute Gasteiger partial charge is 0.208 e. The second kappa shape index (κ2) is 8.08. The molecule has 0 unspecified atom stereocenters. The molecule has 5 N–H and O–H groups in total. The van der Waals surface area contributed by atoms with Gasteiger partial charge in [-0.3, -0.25) is 5.73 Å². The maximum Gasteiger partial charge on any atom is 0.208 e. The Bertz CT molecular complexity index is 149. The lowest BCUT2D eigenvalue weighted by Crippen LogP contribution is -2.24. The lowest BCUT2D eigenvalue weighted by Gasteiger charge is -2.19. The third kappa shape index (κ3) is 8.85. The highest BCUT2D eigenvalue weighted by atomic mass is 16.3. The Kier molecular flexibility index (Phi) is 8.02. The maximum atomic E-state index is 9.79. The van der Waals surface area contributed by atoms with Crippen molar-refractivity contribution in [2.24, 2.45) is 17.6 Å². The number of aliphatic hydroxyl groups excluding tert-OH is 1. The molecule has 0 heterocycles. The molecule has 0 aliphatic heterocycles. The maximum absolute atomic E-state index is 9.79. The fourth-order valence-electron chi connectivity index (χ4n) is 1.68. The van der Waals surface area contributed by atoms with E-state index < -0.39 is 6.23 Å². The zero-order valence-corrected chi connectivity index (χ0v) is 10.4. The third-order valence-corrected chi connectivity index (χ3v) is 2.87. The number of aliphatic hydroxyl groups is 1. The molecule has 0 aromatic heterocycles. The normalized spacial score (nSPS) is 17.8. The molecule has 0 spiro atoms. The summed E-state index contributed by atoms with van der Waals surface area (Å²) < 4.78 is 0. The molecule has 0 fully saturated rings.